The molecule has 0 aliphatic carbocycles. The zero-order valence-corrected chi connectivity index (χ0v) is 18.1. The van der Waals surface area contributed by atoms with Gasteiger partial charge in [0.1, 0.15) is 0 Å². The topological polar surface area (TPSA) is 17.4 Å². The minimum Gasteiger partial charge on any atom is -0.379 e. The van der Waals surface area contributed by atoms with Crippen LogP contribution in [0.25, 0.3) is 0 Å². The molecule has 0 aromatic carbocycles. The summed E-state index contributed by atoms with van der Waals surface area (Å²) in [4.78, 5) is 2.55. The molecule has 0 spiro atoms. The highest BCUT2D eigenvalue weighted by atomic mass is 16.5. The molecule has 0 N–H and O–H groups in total. The number of morpholine rings is 1. The Kier molecular flexibility index (Phi) is 9.81. The van der Waals surface area contributed by atoms with Crippen LogP contribution in [-0.2, 0) is 24.1 Å². The molecule has 2 heterocycles. The van der Waals surface area contributed by atoms with Crippen LogP contribution in [0, 0.1) is 0 Å². The van der Waals surface area contributed by atoms with Crippen molar-refractivity contribution in [3.8, 4) is 0 Å². The number of rotatable bonds is 7. The van der Waals surface area contributed by atoms with Crippen molar-refractivity contribution in [2.45, 2.75) is 86.6 Å². The maximum absolute atomic E-state index is 5.48. The molecule has 1 aliphatic heterocycles. The maximum atomic E-state index is 5.48. The van der Waals surface area contributed by atoms with Gasteiger partial charge in [-0.2, -0.15) is 0 Å². The van der Waals surface area contributed by atoms with E-state index in [-0.39, 0.29) is 0 Å². The van der Waals surface area contributed by atoms with E-state index in [9.17, 15) is 0 Å². The minimum absolute atomic E-state index is 0.590. The molecule has 2 rings (SSSR count). The van der Waals surface area contributed by atoms with Crippen LogP contribution in [0.5, 0.6) is 0 Å². The Morgan fingerprint density at radius 3 is 1.92 bits per heavy atom. The van der Waals surface area contributed by atoms with Crippen molar-refractivity contribution >= 4 is 0 Å². The largest absolute Gasteiger partial charge is 0.379 e. The first-order valence-corrected chi connectivity index (χ1v) is 10.5. The summed E-state index contributed by atoms with van der Waals surface area (Å²) in [5.41, 5.74) is 6.41. The van der Waals surface area contributed by atoms with E-state index < -0.39 is 0 Å². The second-order valence-corrected chi connectivity index (χ2v) is 7.35. The van der Waals surface area contributed by atoms with Crippen molar-refractivity contribution in [1.29, 1.82) is 0 Å². The van der Waals surface area contributed by atoms with E-state index in [4.69, 9.17) is 4.74 Å². The fourth-order valence-corrected chi connectivity index (χ4v) is 4.18. The maximum Gasteiger partial charge on any atom is 0.0594 e. The van der Waals surface area contributed by atoms with Crippen molar-refractivity contribution in [2.75, 3.05) is 32.8 Å². The highest BCUT2D eigenvalue weighted by Crippen LogP contribution is 2.34. The lowest BCUT2D eigenvalue weighted by molar-refractivity contribution is 0.0362. The molecule has 1 saturated heterocycles. The zero-order valence-electron chi connectivity index (χ0n) is 18.1. The number of hydrogen-bond donors (Lipinski definition) is 0. The molecular weight excluding hydrogens is 308 g/mol. The van der Waals surface area contributed by atoms with Crippen LogP contribution < -0.4 is 0 Å². The van der Waals surface area contributed by atoms with Gasteiger partial charge in [0.05, 0.1) is 13.2 Å². The van der Waals surface area contributed by atoms with Crippen molar-refractivity contribution < 1.29 is 4.74 Å². The summed E-state index contributed by atoms with van der Waals surface area (Å²) in [7, 11) is 0. The molecule has 0 radical (unpaired) electrons. The Morgan fingerprint density at radius 2 is 1.48 bits per heavy atom. The van der Waals surface area contributed by atoms with Crippen LogP contribution in [0.2, 0.25) is 0 Å². The van der Waals surface area contributed by atoms with Gasteiger partial charge in [-0.1, -0.05) is 55.4 Å². The van der Waals surface area contributed by atoms with Gasteiger partial charge in [-0.3, -0.25) is 4.90 Å². The average Bonchev–Trinajstić information content (AvgIpc) is 2.96. The van der Waals surface area contributed by atoms with Crippen LogP contribution in [0.4, 0.5) is 0 Å². The van der Waals surface area contributed by atoms with Gasteiger partial charge >= 0.3 is 0 Å². The Hall–Kier alpha value is -0.800. The Morgan fingerprint density at radius 1 is 0.880 bits per heavy atom. The van der Waals surface area contributed by atoms with Gasteiger partial charge in [-0.15, -0.1) is 0 Å². The molecule has 3 nitrogen and oxygen atoms in total. The van der Waals surface area contributed by atoms with E-state index in [0.29, 0.717) is 11.8 Å². The molecule has 146 valence electrons. The van der Waals surface area contributed by atoms with Crippen molar-refractivity contribution in [3.63, 3.8) is 0 Å². The quantitative estimate of drug-likeness (QED) is 0.671. The van der Waals surface area contributed by atoms with Crippen LogP contribution in [0.1, 0.15) is 89.7 Å². The van der Waals surface area contributed by atoms with E-state index in [1.165, 1.54) is 0 Å². The zero-order chi connectivity index (χ0) is 19.0. The summed E-state index contributed by atoms with van der Waals surface area (Å²) in [6.07, 6.45) is 2.29. The summed E-state index contributed by atoms with van der Waals surface area (Å²) in [5, 5.41) is 0. The van der Waals surface area contributed by atoms with Crippen molar-refractivity contribution in [3.05, 3.63) is 22.5 Å². The van der Waals surface area contributed by atoms with Gasteiger partial charge in [0.2, 0.25) is 0 Å². The third-order valence-corrected chi connectivity index (χ3v) is 5.12. The summed E-state index contributed by atoms with van der Waals surface area (Å²) in [6.45, 7) is 24.2. The molecule has 0 saturated carbocycles. The van der Waals surface area contributed by atoms with Gasteiger partial charge in [0.25, 0.3) is 0 Å². The van der Waals surface area contributed by atoms with Crippen molar-refractivity contribution in [2.24, 2.45) is 0 Å². The SMILES string of the molecule is CC.CCc1c(C(C)C)c(CC)n(CCN2CCOCC2)c1C(C)C. The third-order valence-electron chi connectivity index (χ3n) is 5.12. The smallest absolute Gasteiger partial charge is 0.0594 e. The number of nitrogens with zero attached hydrogens (tertiary/aromatic N) is 2. The highest BCUT2D eigenvalue weighted by Gasteiger charge is 2.24. The predicted octanol–water partition coefficient (Wildman–Crippen LogP) is 5.22. The summed E-state index contributed by atoms with van der Waals surface area (Å²) in [6, 6.07) is 0. The molecule has 0 atom stereocenters. The van der Waals surface area contributed by atoms with Crippen molar-refractivity contribution in [1.82, 2.24) is 9.47 Å². The Balaban J connectivity index is 0.00000151. The van der Waals surface area contributed by atoms with Gasteiger partial charge in [0.15, 0.2) is 0 Å². The van der Waals surface area contributed by atoms with Crippen LogP contribution >= 0.6 is 0 Å². The van der Waals surface area contributed by atoms with Gasteiger partial charge in [-0.25, -0.2) is 0 Å². The molecule has 0 bridgehead atoms. The molecule has 1 fully saturated rings. The molecule has 0 amide bonds. The first kappa shape index (κ1) is 22.2. The molecule has 3 heteroatoms. The van der Waals surface area contributed by atoms with Crippen LogP contribution in [-0.4, -0.2) is 42.3 Å². The van der Waals surface area contributed by atoms with E-state index in [1.807, 2.05) is 13.8 Å². The highest BCUT2D eigenvalue weighted by molar-refractivity contribution is 5.42. The second kappa shape index (κ2) is 11.0. The fraction of sp³-hybridized carbons (Fsp3) is 0.818. The summed E-state index contributed by atoms with van der Waals surface area (Å²) >= 11 is 0. The molecule has 1 aromatic heterocycles. The molecular formula is C22H42N2O. The number of hydrogen-bond acceptors (Lipinski definition) is 2. The molecule has 1 aromatic rings. The monoisotopic (exact) mass is 350 g/mol. The van der Waals surface area contributed by atoms with E-state index >= 15 is 0 Å². The molecule has 1 aliphatic rings. The summed E-state index contributed by atoms with van der Waals surface area (Å²) in [5.74, 6) is 1.20. The predicted molar refractivity (Wildman–Crippen MR) is 110 cm³/mol. The lowest BCUT2D eigenvalue weighted by Crippen LogP contribution is -2.38. The van der Waals surface area contributed by atoms with Gasteiger partial charge in [-0.05, 0) is 35.8 Å². The lowest BCUT2D eigenvalue weighted by Gasteiger charge is -2.28. The Bertz CT molecular complexity index is 497. The summed E-state index contributed by atoms with van der Waals surface area (Å²) < 4.78 is 8.14. The lowest BCUT2D eigenvalue weighted by atomic mass is 9.93. The van der Waals surface area contributed by atoms with Gasteiger partial charge < -0.3 is 9.30 Å². The standard InChI is InChI=1S/C20H36N2O.C2H6/c1-7-17-19(15(3)4)18(8-2)22(20(17)16(5)6)10-9-21-11-13-23-14-12-21;1-2/h15-16H,7-14H2,1-6H3;1-2H3. The van der Waals surface area contributed by atoms with E-state index in [2.05, 4.69) is 51.0 Å². The number of ether oxygens (including phenoxy) is 1. The van der Waals surface area contributed by atoms with E-state index in [1.54, 1.807) is 22.5 Å². The average molecular weight is 351 g/mol. The molecule has 25 heavy (non-hydrogen) atoms. The fourth-order valence-electron chi connectivity index (χ4n) is 4.18. The van der Waals surface area contributed by atoms with E-state index in [0.717, 1.165) is 52.2 Å². The second-order valence-electron chi connectivity index (χ2n) is 7.35. The first-order valence-electron chi connectivity index (χ1n) is 10.5. The number of aromatic nitrogens is 1. The van der Waals surface area contributed by atoms with Gasteiger partial charge in [0, 0.05) is 37.6 Å². The van der Waals surface area contributed by atoms with Crippen LogP contribution in [0.3, 0.4) is 0 Å². The third kappa shape index (κ3) is 5.34. The Labute approximate surface area is 156 Å². The molecule has 0 unspecified atom stereocenters. The van der Waals surface area contributed by atoms with Crippen LogP contribution in [0.15, 0.2) is 0 Å². The first-order chi connectivity index (χ1) is 12.0. The minimum atomic E-state index is 0.590. The normalized spacial score (nSPS) is 15.6.